The minimum Gasteiger partial charge on any atom is -0.490 e. The van der Waals surface area contributed by atoms with Crippen LogP contribution in [0.25, 0.3) is 10.9 Å². The van der Waals surface area contributed by atoms with E-state index in [4.69, 9.17) is 15.2 Å². The van der Waals surface area contributed by atoms with Gasteiger partial charge in [-0.15, -0.1) is 0 Å². The van der Waals surface area contributed by atoms with Crippen molar-refractivity contribution in [3.8, 4) is 5.75 Å². The number of nitrogens with two attached hydrogens (primary N) is 1. The number of esters is 1. The van der Waals surface area contributed by atoms with Crippen molar-refractivity contribution >= 4 is 16.9 Å². The summed E-state index contributed by atoms with van der Waals surface area (Å²) in [5.41, 5.74) is 6.01. The number of carbonyl (C=O) groups is 1. The lowest BCUT2D eigenvalue weighted by molar-refractivity contribution is -0.149. The van der Waals surface area contributed by atoms with Crippen molar-refractivity contribution in [2.45, 2.75) is 18.4 Å². The fraction of sp³-hybridized carbons (Fsp3) is 0.375. The summed E-state index contributed by atoms with van der Waals surface area (Å²) >= 11 is 0. The molecule has 0 amide bonds. The van der Waals surface area contributed by atoms with Crippen LogP contribution in [0.15, 0.2) is 36.5 Å². The molecular weight excluding hydrogens is 268 g/mol. The predicted octanol–water partition coefficient (Wildman–Crippen LogP) is 1.89. The SMILES string of the molecule is COC(=O)C(N)(COc1cccc2ncccc12)C1CC1. The molecule has 3 rings (SSSR count). The minimum atomic E-state index is -1.07. The standard InChI is InChI=1S/C16H18N2O3/c1-20-15(19)16(17,11-7-8-11)10-21-14-6-2-5-13-12(14)4-3-9-18-13/h2-6,9,11H,7-8,10,17H2,1H3. The Morgan fingerprint density at radius 3 is 2.90 bits per heavy atom. The number of carbonyl (C=O) groups excluding carboxylic acids is 1. The topological polar surface area (TPSA) is 74.4 Å². The van der Waals surface area contributed by atoms with E-state index in [2.05, 4.69) is 4.98 Å². The maximum Gasteiger partial charge on any atom is 0.329 e. The lowest BCUT2D eigenvalue weighted by Gasteiger charge is -2.26. The summed E-state index contributed by atoms with van der Waals surface area (Å²) in [6.07, 6.45) is 3.61. The summed E-state index contributed by atoms with van der Waals surface area (Å²) in [6, 6.07) is 9.43. The van der Waals surface area contributed by atoms with E-state index < -0.39 is 11.5 Å². The zero-order valence-corrected chi connectivity index (χ0v) is 11.9. The lowest BCUT2D eigenvalue weighted by Crippen LogP contribution is -2.55. The van der Waals surface area contributed by atoms with Crippen molar-refractivity contribution in [2.24, 2.45) is 11.7 Å². The molecule has 0 bridgehead atoms. The van der Waals surface area contributed by atoms with E-state index in [1.165, 1.54) is 7.11 Å². The van der Waals surface area contributed by atoms with E-state index in [1.54, 1.807) is 6.20 Å². The van der Waals surface area contributed by atoms with Gasteiger partial charge in [-0.2, -0.15) is 0 Å². The van der Waals surface area contributed by atoms with Gasteiger partial charge in [-0.3, -0.25) is 4.98 Å². The van der Waals surface area contributed by atoms with Gasteiger partial charge in [-0.1, -0.05) is 6.07 Å². The van der Waals surface area contributed by atoms with Gasteiger partial charge in [-0.05, 0) is 43.0 Å². The van der Waals surface area contributed by atoms with Crippen LogP contribution >= 0.6 is 0 Å². The molecule has 1 heterocycles. The zero-order chi connectivity index (χ0) is 14.9. The van der Waals surface area contributed by atoms with Gasteiger partial charge in [0.25, 0.3) is 0 Å². The molecule has 0 saturated heterocycles. The molecule has 1 aromatic heterocycles. The molecule has 0 spiro atoms. The number of methoxy groups -OCH3 is 1. The first-order valence-corrected chi connectivity index (χ1v) is 6.99. The quantitative estimate of drug-likeness (QED) is 0.850. The average Bonchev–Trinajstić information content (AvgIpc) is 3.37. The molecule has 1 atom stereocenters. The highest BCUT2D eigenvalue weighted by Crippen LogP contribution is 2.39. The molecule has 1 aliphatic carbocycles. The predicted molar refractivity (Wildman–Crippen MR) is 78.9 cm³/mol. The molecule has 21 heavy (non-hydrogen) atoms. The minimum absolute atomic E-state index is 0.109. The van der Waals surface area contributed by atoms with E-state index in [1.807, 2.05) is 30.3 Å². The van der Waals surface area contributed by atoms with Crippen LogP contribution in [-0.4, -0.2) is 30.2 Å². The molecule has 5 heteroatoms. The lowest BCUT2D eigenvalue weighted by atomic mass is 9.96. The van der Waals surface area contributed by atoms with Gasteiger partial charge in [0.15, 0.2) is 5.54 Å². The Labute approximate surface area is 123 Å². The molecule has 1 saturated carbocycles. The highest BCUT2D eigenvalue weighted by Gasteiger charge is 2.49. The first-order chi connectivity index (χ1) is 10.1. The Morgan fingerprint density at radius 2 is 2.19 bits per heavy atom. The highest BCUT2D eigenvalue weighted by molar-refractivity contribution is 5.85. The van der Waals surface area contributed by atoms with Crippen LogP contribution in [0, 0.1) is 5.92 Å². The van der Waals surface area contributed by atoms with Crippen molar-refractivity contribution in [3.05, 3.63) is 36.5 Å². The number of hydrogen-bond acceptors (Lipinski definition) is 5. The van der Waals surface area contributed by atoms with E-state index in [0.717, 1.165) is 23.7 Å². The summed E-state index contributed by atoms with van der Waals surface area (Å²) < 4.78 is 10.7. The van der Waals surface area contributed by atoms with Crippen LogP contribution in [0.5, 0.6) is 5.75 Å². The second kappa shape index (κ2) is 5.33. The molecule has 1 aliphatic rings. The number of pyridine rings is 1. The number of ether oxygens (including phenoxy) is 2. The van der Waals surface area contributed by atoms with Gasteiger partial charge < -0.3 is 15.2 Å². The Hall–Kier alpha value is -2.14. The summed E-state index contributed by atoms with van der Waals surface area (Å²) in [5.74, 6) is 0.404. The third-order valence-electron chi connectivity index (χ3n) is 3.94. The summed E-state index contributed by atoms with van der Waals surface area (Å²) in [5, 5.41) is 0.906. The third kappa shape index (κ3) is 2.56. The van der Waals surface area contributed by atoms with Gasteiger partial charge in [-0.25, -0.2) is 4.79 Å². The maximum atomic E-state index is 12.0. The Balaban J connectivity index is 1.84. The number of aromatic nitrogens is 1. The molecule has 2 N–H and O–H groups in total. The van der Waals surface area contributed by atoms with Crippen LogP contribution in [0.1, 0.15) is 12.8 Å². The van der Waals surface area contributed by atoms with Gasteiger partial charge >= 0.3 is 5.97 Å². The molecule has 1 aromatic carbocycles. The fourth-order valence-corrected chi connectivity index (χ4v) is 2.53. The Kier molecular flexibility index (Phi) is 3.51. The first-order valence-electron chi connectivity index (χ1n) is 6.99. The van der Waals surface area contributed by atoms with Gasteiger partial charge in [0.2, 0.25) is 0 Å². The number of fused-ring (bicyclic) bond motifs is 1. The second-order valence-electron chi connectivity index (χ2n) is 5.42. The number of benzene rings is 1. The van der Waals surface area contributed by atoms with Crippen LogP contribution in [0.3, 0.4) is 0 Å². The monoisotopic (exact) mass is 286 g/mol. The Morgan fingerprint density at radius 1 is 1.38 bits per heavy atom. The van der Waals surface area contributed by atoms with Crippen molar-refractivity contribution in [1.29, 1.82) is 0 Å². The molecule has 1 fully saturated rings. The van der Waals surface area contributed by atoms with Gasteiger partial charge in [0, 0.05) is 11.6 Å². The molecule has 1 unspecified atom stereocenters. The van der Waals surface area contributed by atoms with Crippen LogP contribution in [0.4, 0.5) is 0 Å². The maximum absolute atomic E-state index is 12.0. The van der Waals surface area contributed by atoms with Crippen molar-refractivity contribution in [2.75, 3.05) is 13.7 Å². The van der Waals surface area contributed by atoms with Crippen molar-refractivity contribution in [1.82, 2.24) is 4.98 Å². The summed E-state index contributed by atoms with van der Waals surface area (Å²) in [7, 11) is 1.36. The van der Waals surface area contributed by atoms with E-state index >= 15 is 0 Å². The average molecular weight is 286 g/mol. The van der Waals surface area contributed by atoms with Gasteiger partial charge in [0.05, 0.1) is 12.6 Å². The van der Waals surface area contributed by atoms with Gasteiger partial charge in [0.1, 0.15) is 12.4 Å². The normalized spacial score (nSPS) is 17.2. The van der Waals surface area contributed by atoms with E-state index in [0.29, 0.717) is 5.75 Å². The van der Waals surface area contributed by atoms with E-state index in [9.17, 15) is 4.79 Å². The third-order valence-corrected chi connectivity index (χ3v) is 3.94. The molecule has 110 valence electrons. The van der Waals surface area contributed by atoms with Crippen LogP contribution in [-0.2, 0) is 9.53 Å². The van der Waals surface area contributed by atoms with Crippen LogP contribution in [0.2, 0.25) is 0 Å². The fourth-order valence-electron chi connectivity index (χ4n) is 2.53. The largest absolute Gasteiger partial charge is 0.490 e. The van der Waals surface area contributed by atoms with Crippen LogP contribution < -0.4 is 10.5 Å². The Bertz CT molecular complexity index is 664. The molecular formula is C16H18N2O3. The number of rotatable bonds is 5. The van der Waals surface area contributed by atoms with Crippen molar-refractivity contribution in [3.63, 3.8) is 0 Å². The number of hydrogen-bond donors (Lipinski definition) is 1. The second-order valence-corrected chi connectivity index (χ2v) is 5.42. The first kappa shape index (κ1) is 13.8. The molecule has 0 aliphatic heterocycles. The molecule has 2 aromatic rings. The van der Waals surface area contributed by atoms with Crippen molar-refractivity contribution < 1.29 is 14.3 Å². The zero-order valence-electron chi connectivity index (χ0n) is 11.9. The van der Waals surface area contributed by atoms with E-state index in [-0.39, 0.29) is 12.5 Å². The summed E-state index contributed by atoms with van der Waals surface area (Å²) in [6.45, 7) is 0.109. The smallest absolute Gasteiger partial charge is 0.329 e. The highest BCUT2D eigenvalue weighted by atomic mass is 16.5. The molecule has 5 nitrogen and oxygen atoms in total. The summed E-state index contributed by atoms with van der Waals surface area (Å²) in [4.78, 5) is 16.2. The number of nitrogens with zero attached hydrogens (tertiary/aromatic N) is 1. The molecule has 0 radical (unpaired) electrons.